The van der Waals surface area contributed by atoms with E-state index in [1.165, 1.54) is 31.4 Å². The van der Waals surface area contributed by atoms with E-state index in [0.717, 1.165) is 43.4 Å². The zero-order valence-corrected chi connectivity index (χ0v) is 28.3. The molecule has 8 nitrogen and oxygen atoms in total. The highest BCUT2D eigenvalue weighted by atomic mass is 19.4. The Balaban J connectivity index is 1.12. The number of piperazine rings is 1. The molecule has 270 valence electrons. The van der Waals surface area contributed by atoms with Crippen LogP contribution in [0.25, 0.3) is 32.8 Å². The molecular formula is C39H36F5N5O3. The van der Waals surface area contributed by atoms with Gasteiger partial charge in [0.05, 0.1) is 24.3 Å². The lowest BCUT2D eigenvalue weighted by Crippen LogP contribution is -2.60. The van der Waals surface area contributed by atoms with E-state index in [4.69, 9.17) is 11.2 Å². The maximum atomic E-state index is 17.0. The van der Waals surface area contributed by atoms with Crippen molar-refractivity contribution in [3.8, 4) is 35.2 Å². The van der Waals surface area contributed by atoms with Crippen molar-refractivity contribution in [2.45, 2.75) is 63.2 Å². The van der Waals surface area contributed by atoms with Gasteiger partial charge in [-0.05, 0) is 73.6 Å². The van der Waals surface area contributed by atoms with Crippen molar-refractivity contribution in [2.75, 3.05) is 44.2 Å². The van der Waals surface area contributed by atoms with Gasteiger partial charge in [0.1, 0.15) is 22.9 Å². The SMILES string of the molecule is C#Cc1cccc2cc(O)cc(-c3c(F)cc4c(N5CC6CCC(C5)N6C(=O)C(F)(F)F)nc(OCC5(CN6CC7(CCC7)C6)CC5)nc4c3F)c12. The summed E-state index contributed by atoms with van der Waals surface area (Å²) in [6.45, 7) is 3.30. The number of likely N-dealkylation sites (tertiary alicyclic amines) is 1. The second kappa shape index (κ2) is 11.7. The maximum absolute atomic E-state index is 17.0. The molecule has 2 aliphatic carbocycles. The minimum absolute atomic E-state index is 0.00948. The van der Waals surface area contributed by atoms with Gasteiger partial charge in [0.25, 0.3) is 0 Å². The Kier molecular flexibility index (Phi) is 7.43. The van der Waals surface area contributed by atoms with E-state index < -0.39 is 41.4 Å². The summed E-state index contributed by atoms with van der Waals surface area (Å²) in [5, 5.41) is 11.5. The molecule has 2 bridgehead atoms. The third kappa shape index (κ3) is 5.40. The van der Waals surface area contributed by atoms with E-state index in [-0.39, 0.29) is 52.5 Å². The molecule has 3 saturated heterocycles. The van der Waals surface area contributed by atoms with Gasteiger partial charge < -0.3 is 24.5 Å². The number of phenols is 1. The summed E-state index contributed by atoms with van der Waals surface area (Å²) in [6, 6.07) is 7.18. The number of ether oxygens (including phenoxy) is 1. The predicted octanol–water partition coefficient (Wildman–Crippen LogP) is 6.80. The van der Waals surface area contributed by atoms with Crippen molar-refractivity contribution in [1.82, 2.24) is 19.8 Å². The molecule has 1 spiro atoms. The summed E-state index contributed by atoms with van der Waals surface area (Å²) in [6.07, 6.45) is 7.22. The average Bonchev–Trinajstić information content (AvgIpc) is 3.79. The lowest BCUT2D eigenvalue weighted by molar-refractivity contribution is -0.188. The Morgan fingerprint density at radius 1 is 1.04 bits per heavy atom. The summed E-state index contributed by atoms with van der Waals surface area (Å²) >= 11 is 0. The number of fused-ring (bicyclic) bond motifs is 4. The zero-order valence-electron chi connectivity index (χ0n) is 28.3. The molecule has 52 heavy (non-hydrogen) atoms. The van der Waals surface area contributed by atoms with Crippen LogP contribution in [-0.2, 0) is 4.79 Å². The van der Waals surface area contributed by atoms with Crippen LogP contribution in [0.3, 0.4) is 0 Å². The first-order chi connectivity index (χ1) is 24.9. The van der Waals surface area contributed by atoms with Crippen LogP contribution in [0, 0.1) is 34.8 Å². The zero-order chi connectivity index (χ0) is 36.2. The third-order valence-electron chi connectivity index (χ3n) is 12.0. The molecule has 1 aromatic heterocycles. The number of hydrogen-bond acceptors (Lipinski definition) is 7. The van der Waals surface area contributed by atoms with E-state index in [9.17, 15) is 23.1 Å². The van der Waals surface area contributed by atoms with Gasteiger partial charge in [-0.2, -0.15) is 23.1 Å². The lowest BCUT2D eigenvalue weighted by atomic mass is 9.63. The van der Waals surface area contributed by atoms with Crippen LogP contribution in [0.2, 0.25) is 0 Å². The molecule has 1 amide bonds. The van der Waals surface area contributed by atoms with Crippen LogP contribution in [0.15, 0.2) is 36.4 Å². The lowest BCUT2D eigenvalue weighted by Gasteiger charge is -2.56. The quantitative estimate of drug-likeness (QED) is 0.166. The summed E-state index contributed by atoms with van der Waals surface area (Å²) in [7, 11) is 0. The molecule has 2 unspecified atom stereocenters. The summed E-state index contributed by atoms with van der Waals surface area (Å²) in [5.41, 5.74) is 0.108. The van der Waals surface area contributed by atoms with Gasteiger partial charge >= 0.3 is 18.1 Å². The van der Waals surface area contributed by atoms with Crippen molar-refractivity contribution in [3.05, 3.63) is 53.6 Å². The maximum Gasteiger partial charge on any atom is 0.471 e. The number of terminal acetylenes is 1. The van der Waals surface area contributed by atoms with Crippen molar-refractivity contribution < 1.29 is 36.6 Å². The Morgan fingerprint density at radius 2 is 1.77 bits per heavy atom. The number of nitrogens with zero attached hydrogens (tertiary/aromatic N) is 5. The number of carbonyl (C=O) groups excluding carboxylic acids is 1. The number of anilines is 1. The van der Waals surface area contributed by atoms with Crippen molar-refractivity contribution >= 4 is 33.4 Å². The number of amides is 1. The number of rotatable bonds is 7. The van der Waals surface area contributed by atoms with Crippen LogP contribution < -0.4 is 9.64 Å². The Labute approximate surface area is 296 Å². The number of aromatic nitrogens is 2. The topological polar surface area (TPSA) is 82.0 Å². The molecule has 2 atom stereocenters. The standard InChI is InChI=1S/C39H36F5N5O3/c1-2-22-5-3-6-23-13-26(50)14-27(30(22)23)31-29(40)15-28-33(32(31)41)45-36(52-21-38(11-12-38)20-47-18-37(19-47)9-4-10-37)46-34(28)48-16-24-7-8-25(17-48)49(24)35(51)39(42,43)44/h1,3,5-6,13-15,24-25,50H,4,7-12,16-21H2. The highest BCUT2D eigenvalue weighted by molar-refractivity contribution is 6.04. The van der Waals surface area contributed by atoms with Crippen LogP contribution in [-0.4, -0.2) is 88.4 Å². The first kappa shape index (κ1) is 33.2. The largest absolute Gasteiger partial charge is 0.508 e. The highest BCUT2D eigenvalue weighted by Gasteiger charge is 2.53. The number of hydrogen-bond donors (Lipinski definition) is 1. The molecule has 13 heteroatoms. The smallest absolute Gasteiger partial charge is 0.471 e. The van der Waals surface area contributed by atoms with Gasteiger partial charge in [-0.3, -0.25) is 4.79 Å². The molecule has 9 rings (SSSR count). The Hall–Kier alpha value is -4.70. The van der Waals surface area contributed by atoms with Gasteiger partial charge in [0, 0.05) is 60.0 Å². The van der Waals surface area contributed by atoms with E-state index in [2.05, 4.69) is 20.8 Å². The molecule has 5 fully saturated rings. The number of aromatic hydroxyl groups is 1. The van der Waals surface area contributed by atoms with Gasteiger partial charge in [-0.15, -0.1) is 6.42 Å². The molecule has 4 aromatic rings. The van der Waals surface area contributed by atoms with E-state index >= 15 is 8.78 Å². The molecule has 3 aliphatic heterocycles. The molecule has 0 radical (unpaired) electrons. The second-order valence-corrected chi connectivity index (χ2v) is 15.6. The Morgan fingerprint density at radius 3 is 2.40 bits per heavy atom. The molecule has 4 heterocycles. The fourth-order valence-electron chi connectivity index (χ4n) is 9.22. The summed E-state index contributed by atoms with van der Waals surface area (Å²) < 4.78 is 80.2. The summed E-state index contributed by atoms with van der Waals surface area (Å²) in [5.74, 6) is -1.42. The van der Waals surface area contributed by atoms with Gasteiger partial charge in [0.2, 0.25) is 0 Å². The van der Waals surface area contributed by atoms with Crippen LogP contribution in [0.4, 0.5) is 27.8 Å². The molecule has 5 aliphatic rings. The molecule has 3 aromatic carbocycles. The minimum Gasteiger partial charge on any atom is -0.508 e. The van der Waals surface area contributed by atoms with Crippen molar-refractivity contribution in [2.24, 2.45) is 10.8 Å². The number of benzene rings is 3. The number of carbonyl (C=O) groups is 1. The van der Waals surface area contributed by atoms with Gasteiger partial charge in [-0.25, -0.2) is 8.78 Å². The number of halogens is 5. The molecular weight excluding hydrogens is 681 g/mol. The predicted molar refractivity (Wildman–Crippen MR) is 184 cm³/mol. The van der Waals surface area contributed by atoms with Crippen molar-refractivity contribution in [1.29, 1.82) is 0 Å². The van der Waals surface area contributed by atoms with E-state index in [0.29, 0.717) is 41.2 Å². The fraction of sp³-hybridized carbons (Fsp3) is 0.462. The van der Waals surface area contributed by atoms with Crippen molar-refractivity contribution in [3.63, 3.8) is 0 Å². The van der Waals surface area contributed by atoms with Crippen LogP contribution in [0.5, 0.6) is 11.8 Å². The number of alkyl halides is 3. The number of phenolic OH excluding ortho intramolecular Hbond substituents is 1. The van der Waals surface area contributed by atoms with E-state index in [1.807, 2.05) is 0 Å². The first-order valence-electron chi connectivity index (χ1n) is 17.8. The molecule has 2 saturated carbocycles. The normalized spacial score (nSPS) is 23.1. The third-order valence-corrected chi connectivity index (χ3v) is 12.0. The highest BCUT2D eigenvalue weighted by Crippen LogP contribution is 2.53. The second-order valence-electron chi connectivity index (χ2n) is 15.6. The summed E-state index contributed by atoms with van der Waals surface area (Å²) in [4.78, 5) is 26.5. The minimum atomic E-state index is -5.02. The van der Waals surface area contributed by atoms with Gasteiger partial charge in [-0.1, -0.05) is 24.5 Å². The Bertz CT molecular complexity index is 2170. The fourth-order valence-corrected chi connectivity index (χ4v) is 9.22. The molecule has 1 N–H and O–H groups in total. The average molecular weight is 718 g/mol. The van der Waals surface area contributed by atoms with Crippen LogP contribution >= 0.6 is 0 Å². The van der Waals surface area contributed by atoms with E-state index in [1.54, 1.807) is 23.1 Å². The van der Waals surface area contributed by atoms with Crippen LogP contribution in [0.1, 0.15) is 50.5 Å². The first-order valence-corrected chi connectivity index (χ1v) is 17.8. The van der Waals surface area contributed by atoms with Gasteiger partial charge in [0.15, 0.2) is 5.82 Å². The monoisotopic (exact) mass is 717 g/mol.